The molecule has 23 heavy (non-hydrogen) atoms. The predicted molar refractivity (Wildman–Crippen MR) is 89.4 cm³/mol. The van der Waals surface area contributed by atoms with E-state index >= 15 is 0 Å². The van der Waals surface area contributed by atoms with Crippen LogP contribution in [-0.2, 0) is 16.6 Å². The maximum absolute atomic E-state index is 12.4. The molecule has 0 aliphatic carbocycles. The van der Waals surface area contributed by atoms with Gasteiger partial charge in [-0.1, -0.05) is 30.3 Å². The highest BCUT2D eigenvalue weighted by atomic mass is 32.2. The zero-order valence-corrected chi connectivity index (χ0v) is 13.1. The summed E-state index contributed by atoms with van der Waals surface area (Å²) in [5.74, 6) is 0.408. The van der Waals surface area contributed by atoms with E-state index in [1.54, 1.807) is 29.1 Å². The largest absolute Gasteiger partial charge is 0.399 e. The van der Waals surface area contributed by atoms with E-state index in [1.165, 1.54) is 12.1 Å². The van der Waals surface area contributed by atoms with Gasteiger partial charge in [-0.15, -0.1) is 0 Å². The Balaban J connectivity index is 1.83. The Bertz CT molecular complexity index is 887. The normalized spacial score (nSPS) is 11.3. The minimum absolute atomic E-state index is 0.152. The second kappa shape index (κ2) is 6.13. The van der Waals surface area contributed by atoms with E-state index in [9.17, 15) is 8.42 Å². The molecule has 0 atom stereocenters. The molecule has 0 unspecified atom stereocenters. The summed E-state index contributed by atoms with van der Waals surface area (Å²) in [7, 11) is -3.68. The zero-order valence-electron chi connectivity index (χ0n) is 12.3. The lowest BCUT2D eigenvalue weighted by molar-refractivity contribution is 0.599. The number of sulfonamides is 1. The Morgan fingerprint density at radius 1 is 1.00 bits per heavy atom. The van der Waals surface area contributed by atoms with E-state index in [-0.39, 0.29) is 4.90 Å². The van der Waals surface area contributed by atoms with E-state index in [0.717, 1.165) is 5.56 Å². The third-order valence-corrected chi connectivity index (χ3v) is 4.69. The predicted octanol–water partition coefficient (Wildman–Crippen LogP) is 2.31. The highest BCUT2D eigenvalue weighted by Crippen LogP contribution is 2.17. The molecular weight excluding hydrogens is 312 g/mol. The van der Waals surface area contributed by atoms with Crippen molar-refractivity contribution in [3.63, 3.8) is 0 Å². The van der Waals surface area contributed by atoms with Crippen molar-refractivity contribution in [3.05, 3.63) is 72.4 Å². The second-order valence-corrected chi connectivity index (χ2v) is 6.72. The summed E-state index contributed by atoms with van der Waals surface area (Å²) < 4.78 is 29.0. The first-order chi connectivity index (χ1) is 11.0. The first-order valence-corrected chi connectivity index (χ1v) is 8.47. The van der Waals surface area contributed by atoms with Crippen LogP contribution < -0.4 is 10.5 Å². The summed E-state index contributed by atoms with van der Waals surface area (Å²) in [6.45, 7) is 0.480. The number of benzene rings is 2. The molecule has 0 amide bonds. The van der Waals surface area contributed by atoms with Crippen molar-refractivity contribution >= 4 is 21.5 Å². The highest BCUT2D eigenvalue weighted by molar-refractivity contribution is 7.92. The summed E-state index contributed by atoms with van der Waals surface area (Å²) in [4.78, 5) is 0.152. The number of rotatable bonds is 5. The van der Waals surface area contributed by atoms with Crippen LogP contribution in [0.4, 0.5) is 11.5 Å². The molecule has 0 aliphatic rings. The summed E-state index contributed by atoms with van der Waals surface area (Å²) >= 11 is 0. The highest BCUT2D eigenvalue weighted by Gasteiger charge is 2.16. The smallest absolute Gasteiger partial charge is 0.263 e. The van der Waals surface area contributed by atoms with Gasteiger partial charge in [0.1, 0.15) is 5.82 Å². The van der Waals surface area contributed by atoms with Gasteiger partial charge in [-0.05, 0) is 29.8 Å². The average molecular weight is 328 g/mol. The van der Waals surface area contributed by atoms with Crippen molar-refractivity contribution in [2.24, 2.45) is 0 Å². The van der Waals surface area contributed by atoms with Crippen LogP contribution in [0.5, 0.6) is 0 Å². The van der Waals surface area contributed by atoms with Crippen molar-refractivity contribution in [2.45, 2.75) is 11.4 Å². The number of nitrogen functional groups attached to an aromatic ring is 1. The van der Waals surface area contributed by atoms with Crippen molar-refractivity contribution < 1.29 is 8.42 Å². The van der Waals surface area contributed by atoms with Crippen molar-refractivity contribution in [1.82, 2.24) is 9.78 Å². The topological polar surface area (TPSA) is 90.0 Å². The molecule has 0 spiro atoms. The van der Waals surface area contributed by atoms with Gasteiger partial charge >= 0.3 is 0 Å². The van der Waals surface area contributed by atoms with Crippen molar-refractivity contribution in [1.29, 1.82) is 0 Å². The summed E-state index contributed by atoms with van der Waals surface area (Å²) in [5, 5.41) is 4.17. The van der Waals surface area contributed by atoms with Crippen LogP contribution in [0.15, 0.2) is 71.8 Å². The standard InChI is InChI=1S/C16H16N4O2S/c17-14-6-8-15(9-7-14)23(21,22)19-16-10-11-18-20(16)12-13-4-2-1-3-5-13/h1-11,19H,12,17H2. The van der Waals surface area contributed by atoms with E-state index < -0.39 is 10.0 Å². The Hall–Kier alpha value is -2.80. The quantitative estimate of drug-likeness (QED) is 0.703. The number of anilines is 2. The Kier molecular flexibility index (Phi) is 4.03. The second-order valence-electron chi connectivity index (χ2n) is 5.03. The molecule has 7 heteroatoms. The van der Waals surface area contributed by atoms with Gasteiger partial charge < -0.3 is 5.73 Å². The van der Waals surface area contributed by atoms with E-state index in [1.807, 2.05) is 30.3 Å². The molecular formula is C16H16N4O2S. The van der Waals surface area contributed by atoms with Crippen LogP contribution in [0.1, 0.15) is 5.56 Å². The fourth-order valence-corrected chi connectivity index (χ4v) is 3.21. The molecule has 3 rings (SSSR count). The number of hydrogen-bond acceptors (Lipinski definition) is 4. The molecule has 6 nitrogen and oxygen atoms in total. The van der Waals surface area contributed by atoms with Gasteiger partial charge in [-0.2, -0.15) is 5.10 Å². The van der Waals surface area contributed by atoms with Crippen molar-refractivity contribution in [3.8, 4) is 0 Å². The van der Waals surface area contributed by atoms with Gasteiger partial charge in [0.25, 0.3) is 10.0 Å². The lowest BCUT2D eigenvalue weighted by Crippen LogP contribution is -2.16. The molecule has 3 aromatic rings. The van der Waals surface area contributed by atoms with Gasteiger partial charge in [-0.3, -0.25) is 4.72 Å². The lowest BCUT2D eigenvalue weighted by Gasteiger charge is -2.11. The van der Waals surface area contributed by atoms with Crippen molar-refractivity contribution in [2.75, 3.05) is 10.5 Å². The van der Waals surface area contributed by atoms with Gasteiger partial charge in [0.15, 0.2) is 0 Å². The molecule has 1 aromatic heterocycles. The van der Waals surface area contributed by atoms with Gasteiger partial charge in [0.2, 0.25) is 0 Å². The Morgan fingerprint density at radius 3 is 2.39 bits per heavy atom. The molecule has 0 saturated carbocycles. The molecule has 1 heterocycles. The van der Waals surface area contributed by atoms with Gasteiger partial charge in [0, 0.05) is 11.8 Å². The summed E-state index contributed by atoms with van der Waals surface area (Å²) in [6, 6.07) is 17.4. The molecule has 118 valence electrons. The van der Waals surface area contributed by atoms with Crippen LogP contribution in [0.25, 0.3) is 0 Å². The van der Waals surface area contributed by atoms with E-state index in [4.69, 9.17) is 5.73 Å². The number of aromatic nitrogens is 2. The van der Waals surface area contributed by atoms with Gasteiger partial charge in [-0.25, -0.2) is 13.1 Å². The number of nitrogens with two attached hydrogens (primary N) is 1. The third kappa shape index (κ3) is 3.51. The van der Waals surface area contributed by atoms with Gasteiger partial charge in [0.05, 0.1) is 17.6 Å². The Morgan fingerprint density at radius 2 is 1.70 bits per heavy atom. The van der Waals surface area contributed by atoms with Crippen LogP contribution in [-0.4, -0.2) is 18.2 Å². The third-order valence-electron chi connectivity index (χ3n) is 3.32. The van der Waals surface area contributed by atoms with Crippen LogP contribution in [0.2, 0.25) is 0 Å². The minimum atomic E-state index is -3.68. The lowest BCUT2D eigenvalue weighted by atomic mass is 10.2. The summed E-state index contributed by atoms with van der Waals surface area (Å²) in [6.07, 6.45) is 1.56. The van der Waals surface area contributed by atoms with Crippen LogP contribution in [0, 0.1) is 0 Å². The summed E-state index contributed by atoms with van der Waals surface area (Å²) in [5.41, 5.74) is 7.13. The maximum Gasteiger partial charge on any atom is 0.263 e. The van der Waals surface area contributed by atoms with E-state index in [2.05, 4.69) is 9.82 Å². The molecule has 2 aromatic carbocycles. The fraction of sp³-hybridized carbons (Fsp3) is 0.0625. The van der Waals surface area contributed by atoms with E-state index in [0.29, 0.717) is 18.1 Å². The average Bonchev–Trinajstić information content (AvgIpc) is 2.95. The molecule has 0 bridgehead atoms. The SMILES string of the molecule is Nc1ccc(S(=O)(=O)Nc2ccnn2Cc2ccccc2)cc1. The first kappa shape index (κ1) is 15.1. The van der Waals surface area contributed by atoms with Crippen LogP contribution >= 0.6 is 0 Å². The molecule has 0 fully saturated rings. The first-order valence-electron chi connectivity index (χ1n) is 6.99. The number of nitrogens with one attached hydrogen (secondary N) is 1. The minimum Gasteiger partial charge on any atom is -0.399 e. The Labute approximate surface area is 134 Å². The fourth-order valence-electron chi connectivity index (χ4n) is 2.15. The number of hydrogen-bond donors (Lipinski definition) is 2. The van der Waals surface area contributed by atoms with Crippen LogP contribution in [0.3, 0.4) is 0 Å². The monoisotopic (exact) mass is 328 g/mol. The maximum atomic E-state index is 12.4. The zero-order chi connectivity index (χ0) is 16.3. The number of nitrogens with zero attached hydrogens (tertiary/aromatic N) is 2. The molecule has 3 N–H and O–H groups in total. The molecule has 0 radical (unpaired) electrons. The molecule has 0 saturated heterocycles. The molecule has 0 aliphatic heterocycles.